The molecule has 1 N–H and O–H groups in total. The van der Waals surface area contributed by atoms with Crippen LogP contribution in [0.3, 0.4) is 0 Å². The Kier molecular flexibility index (Phi) is 8.20. The van der Waals surface area contributed by atoms with Crippen LogP contribution in [0.4, 0.5) is 10.5 Å². The maximum absolute atomic E-state index is 12.3. The van der Waals surface area contributed by atoms with Gasteiger partial charge in [-0.1, -0.05) is 45.0 Å². The van der Waals surface area contributed by atoms with Crippen molar-refractivity contribution in [3.05, 3.63) is 58.9 Å². The summed E-state index contributed by atoms with van der Waals surface area (Å²) in [6.45, 7) is 13.9. The lowest BCUT2D eigenvalue weighted by Crippen LogP contribution is -2.28. The Bertz CT molecular complexity index is 899. The van der Waals surface area contributed by atoms with Gasteiger partial charge in [-0.05, 0) is 68.7 Å². The topological polar surface area (TPSA) is 77.5 Å². The molecular weight excluding hydrogens is 392 g/mol. The summed E-state index contributed by atoms with van der Waals surface area (Å²) >= 11 is 0. The van der Waals surface area contributed by atoms with E-state index in [0.717, 1.165) is 11.1 Å². The van der Waals surface area contributed by atoms with Crippen LogP contribution < -0.4 is 5.32 Å². The lowest BCUT2D eigenvalue weighted by Gasteiger charge is -2.20. The second-order valence-corrected chi connectivity index (χ2v) is 9.04. The number of pyridine rings is 1. The Morgan fingerprint density at radius 2 is 1.71 bits per heavy atom. The number of ether oxygens (including phenoxy) is 2. The summed E-state index contributed by atoms with van der Waals surface area (Å²) in [5.74, 6) is 0.475. The second kappa shape index (κ2) is 10.4. The van der Waals surface area contributed by atoms with E-state index in [1.54, 1.807) is 40.0 Å². The zero-order valence-corrected chi connectivity index (χ0v) is 19.6. The van der Waals surface area contributed by atoms with E-state index in [4.69, 9.17) is 9.47 Å². The first kappa shape index (κ1) is 24.4. The minimum atomic E-state index is -0.659. The highest BCUT2D eigenvalue weighted by Gasteiger charge is 2.21. The van der Waals surface area contributed by atoms with Crippen molar-refractivity contribution in [2.75, 3.05) is 11.9 Å². The van der Waals surface area contributed by atoms with Crippen molar-refractivity contribution in [2.45, 2.75) is 66.4 Å². The van der Waals surface area contributed by atoms with Crippen LogP contribution in [-0.4, -0.2) is 29.3 Å². The Morgan fingerprint density at radius 3 is 2.26 bits per heavy atom. The van der Waals surface area contributed by atoms with Crippen LogP contribution in [0, 0.1) is 5.92 Å². The highest BCUT2D eigenvalue weighted by Crippen LogP contribution is 2.25. The molecular formula is C25H34N2O4. The minimum absolute atomic E-state index is 0.0533. The molecule has 0 saturated heterocycles. The predicted molar refractivity (Wildman–Crippen MR) is 123 cm³/mol. The lowest BCUT2D eigenvalue weighted by molar-refractivity contribution is 0.0521. The highest BCUT2D eigenvalue weighted by atomic mass is 16.6. The van der Waals surface area contributed by atoms with E-state index in [9.17, 15) is 9.59 Å². The Balaban J connectivity index is 2.26. The first-order chi connectivity index (χ1) is 14.5. The van der Waals surface area contributed by atoms with E-state index in [1.807, 2.05) is 0 Å². The zero-order valence-electron chi connectivity index (χ0n) is 19.6. The van der Waals surface area contributed by atoms with Crippen LogP contribution in [0.25, 0.3) is 0 Å². The van der Waals surface area contributed by atoms with Crippen molar-refractivity contribution in [1.29, 1.82) is 0 Å². The summed E-state index contributed by atoms with van der Waals surface area (Å²) < 4.78 is 10.4. The fraction of sp³-hybridized carbons (Fsp3) is 0.480. The second-order valence-electron chi connectivity index (χ2n) is 9.04. The Hall–Kier alpha value is -2.89. The van der Waals surface area contributed by atoms with Crippen molar-refractivity contribution in [3.8, 4) is 0 Å². The van der Waals surface area contributed by atoms with Gasteiger partial charge in [-0.15, -0.1) is 0 Å². The molecule has 0 fully saturated rings. The average Bonchev–Trinajstić information content (AvgIpc) is 2.66. The van der Waals surface area contributed by atoms with Crippen LogP contribution in [-0.2, 0) is 15.9 Å². The Morgan fingerprint density at radius 1 is 1.06 bits per heavy atom. The van der Waals surface area contributed by atoms with E-state index in [0.29, 0.717) is 18.3 Å². The van der Waals surface area contributed by atoms with Gasteiger partial charge in [0.05, 0.1) is 12.3 Å². The van der Waals surface area contributed by atoms with Gasteiger partial charge < -0.3 is 9.47 Å². The molecule has 0 aliphatic carbocycles. The minimum Gasteiger partial charge on any atom is -0.461 e. The fourth-order valence-corrected chi connectivity index (χ4v) is 3.04. The molecule has 0 aliphatic rings. The van der Waals surface area contributed by atoms with Crippen LogP contribution in [0.2, 0.25) is 0 Å². The molecule has 2 rings (SSSR count). The number of carbonyl (C=O) groups is 2. The molecule has 6 nitrogen and oxygen atoms in total. The zero-order chi connectivity index (χ0) is 23.2. The van der Waals surface area contributed by atoms with Gasteiger partial charge in [0.25, 0.3) is 0 Å². The first-order valence-corrected chi connectivity index (χ1v) is 10.7. The molecule has 0 radical (unpaired) electrons. The maximum atomic E-state index is 12.3. The van der Waals surface area contributed by atoms with Crippen LogP contribution in [0.5, 0.6) is 0 Å². The summed E-state index contributed by atoms with van der Waals surface area (Å²) in [5.41, 5.74) is 2.96. The molecule has 0 saturated carbocycles. The first-order valence-electron chi connectivity index (χ1n) is 10.7. The molecule has 0 spiro atoms. The van der Waals surface area contributed by atoms with Gasteiger partial charge >= 0.3 is 12.1 Å². The van der Waals surface area contributed by atoms with Gasteiger partial charge in [0.15, 0.2) is 5.69 Å². The van der Waals surface area contributed by atoms with E-state index >= 15 is 0 Å². The highest BCUT2D eigenvalue weighted by molar-refractivity contribution is 5.98. The fourth-order valence-electron chi connectivity index (χ4n) is 3.04. The average molecular weight is 427 g/mol. The molecule has 1 heterocycles. The molecule has 1 aromatic heterocycles. The van der Waals surface area contributed by atoms with E-state index in [1.165, 1.54) is 5.56 Å². The number of rotatable bonds is 7. The van der Waals surface area contributed by atoms with Crippen LogP contribution >= 0.6 is 0 Å². The third-order valence-corrected chi connectivity index (χ3v) is 4.96. The third kappa shape index (κ3) is 7.39. The molecule has 6 heteroatoms. The normalized spacial score (nSPS) is 12.4. The van der Waals surface area contributed by atoms with Gasteiger partial charge in [-0.3, -0.25) is 5.32 Å². The number of aromatic nitrogens is 1. The molecule has 168 valence electrons. The van der Waals surface area contributed by atoms with Gasteiger partial charge in [0, 0.05) is 6.20 Å². The molecule has 2 aromatic rings. The molecule has 1 amide bonds. The predicted octanol–water partition coefficient (Wildman–Crippen LogP) is 5.96. The maximum Gasteiger partial charge on any atom is 0.412 e. The number of benzene rings is 1. The third-order valence-electron chi connectivity index (χ3n) is 4.96. The SMILES string of the molecule is CCOC(=O)c1ncc(Cc2ccc(C(C)C(C)C)cc2)cc1NC(=O)OC(C)(C)C. The summed E-state index contributed by atoms with van der Waals surface area (Å²) in [4.78, 5) is 28.8. The molecule has 0 aliphatic heterocycles. The summed E-state index contributed by atoms with van der Waals surface area (Å²) in [6, 6.07) is 10.3. The number of esters is 1. The Labute approximate surface area is 185 Å². The number of hydrogen-bond donors (Lipinski definition) is 1. The number of hydrogen-bond acceptors (Lipinski definition) is 5. The quantitative estimate of drug-likeness (QED) is 0.553. The molecule has 1 aromatic carbocycles. The monoisotopic (exact) mass is 426 g/mol. The van der Waals surface area contributed by atoms with Crippen molar-refractivity contribution in [3.63, 3.8) is 0 Å². The van der Waals surface area contributed by atoms with Crippen LogP contribution in [0.1, 0.15) is 81.6 Å². The number of nitrogens with one attached hydrogen (secondary N) is 1. The van der Waals surface area contributed by atoms with Crippen molar-refractivity contribution >= 4 is 17.7 Å². The van der Waals surface area contributed by atoms with Crippen molar-refractivity contribution < 1.29 is 19.1 Å². The van der Waals surface area contributed by atoms with Crippen LogP contribution in [0.15, 0.2) is 36.5 Å². The van der Waals surface area contributed by atoms with Gasteiger partial charge in [0.2, 0.25) is 0 Å². The molecule has 0 bridgehead atoms. The van der Waals surface area contributed by atoms with E-state index in [2.05, 4.69) is 55.3 Å². The lowest BCUT2D eigenvalue weighted by atomic mass is 9.89. The molecule has 31 heavy (non-hydrogen) atoms. The van der Waals surface area contributed by atoms with Crippen molar-refractivity contribution in [2.24, 2.45) is 5.92 Å². The van der Waals surface area contributed by atoms with Crippen molar-refractivity contribution in [1.82, 2.24) is 4.98 Å². The van der Waals surface area contributed by atoms with Gasteiger partial charge in [-0.2, -0.15) is 0 Å². The number of nitrogens with zero attached hydrogens (tertiary/aromatic N) is 1. The summed E-state index contributed by atoms with van der Waals surface area (Å²) in [7, 11) is 0. The smallest absolute Gasteiger partial charge is 0.412 e. The molecule has 1 unspecified atom stereocenters. The number of amides is 1. The molecule has 1 atom stereocenters. The number of carbonyl (C=O) groups excluding carboxylic acids is 2. The van der Waals surface area contributed by atoms with E-state index < -0.39 is 17.7 Å². The summed E-state index contributed by atoms with van der Waals surface area (Å²) in [6.07, 6.45) is 1.61. The van der Waals surface area contributed by atoms with E-state index in [-0.39, 0.29) is 18.0 Å². The summed E-state index contributed by atoms with van der Waals surface area (Å²) in [5, 5.41) is 2.64. The largest absolute Gasteiger partial charge is 0.461 e. The van der Waals surface area contributed by atoms with Gasteiger partial charge in [0.1, 0.15) is 5.60 Å². The standard InChI is InChI=1S/C25H34N2O4/c1-8-30-23(28)22-21(27-24(29)31-25(5,6)7)14-19(15-26-22)13-18-9-11-20(12-10-18)17(4)16(2)3/h9-12,14-17H,8,13H2,1-7H3,(H,27,29). The van der Waals surface area contributed by atoms with Gasteiger partial charge in [-0.25, -0.2) is 14.6 Å². The number of anilines is 1.